The van der Waals surface area contributed by atoms with Crippen LogP contribution in [0.3, 0.4) is 0 Å². The Balaban J connectivity index is 0.928. The fraction of sp³-hybridized carbons (Fsp3) is 0. The van der Waals surface area contributed by atoms with E-state index in [1.165, 1.54) is 49.4 Å². The van der Waals surface area contributed by atoms with Gasteiger partial charge in [0.1, 0.15) is 5.58 Å². The van der Waals surface area contributed by atoms with Gasteiger partial charge in [0.25, 0.3) is 0 Å². The molecular formula is C58H38N2O. The third-order valence-corrected chi connectivity index (χ3v) is 12.2. The van der Waals surface area contributed by atoms with E-state index >= 15 is 0 Å². The van der Waals surface area contributed by atoms with Gasteiger partial charge in [0, 0.05) is 38.3 Å². The van der Waals surface area contributed by atoms with E-state index in [-0.39, 0.29) is 0 Å². The van der Waals surface area contributed by atoms with Gasteiger partial charge in [-0.1, -0.05) is 170 Å². The van der Waals surface area contributed by atoms with Crippen LogP contribution in [0.4, 0.5) is 17.1 Å². The Kier molecular flexibility index (Phi) is 8.17. The molecule has 0 aliphatic rings. The van der Waals surface area contributed by atoms with Crippen molar-refractivity contribution in [2.75, 3.05) is 4.90 Å². The summed E-state index contributed by atoms with van der Waals surface area (Å²) >= 11 is 0. The summed E-state index contributed by atoms with van der Waals surface area (Å²) in [5, 5.41) is 7.08. The van der Waals surface area contributed by atoms with Crippen molar-refractivity contribution in [1.82, 2.24) is 4.57 Å². The maximum absolute atomic E-state index is 6.54. The molecule has 0 unspecified atom stereocenters. The lowest BCUT2D eigenvalue weighted by molar-refractivity contribution is 0.666. The second-order valence-corrected chi connectivity index (χ2v) is 15.7. The van der Waals surface area contributed by atoms with Crippen molar-refractivity contribution in [2.24, 2.45) is 0 Å². The SMILES string of the molecule is c1ccc(-c2ccc(-c3ccc(N(c4ccc(-c5ccc6c(c5)c5ccccc5n6-c5cccc6c5oc5ccccc56)cc4)c4cccc5ccccc45)cc3)cc2)cc1. The quantitative estimate of drug-likeness (QED) is 0.161. The van der Waals surface area contributed by atoms with Gasteiger partial charge in [-0.05, 0) is 99.4 Å². The number of anilines is 3. The van der Waals surface area contributed by atoms with Gasteiger partial charge in [-0.15, -0.1) is 0 Å². The van der Waals surface area contributed by atoms with Crippen LogP contribution in [0, 0.1) is 0 Å². The van der Waals surface area contributed by atoms with Gasteiger partial charge in [0.15, 0.2) is 5.58 Å². The molecule has 12 rings (SSSR count). The normalized spacial score (nSPS) is 11.6. The smallest absolute Gasteiger partial charge is 0.159 e. The first-order valence-electron chi connectivity index (χ1n) is 20.8. The molecule has 0 saturated heterocycles. The summed E-state index contributed by atoms with van der Waals surface area (Å²) in [4.78, 5) is 2.38. The molecule has 286 valence electrons. The van der Waals surface area contributed by atoms with Gasteiger partial charge in [0.2, 0.25) is 0 Å². The molecule has 3 nitrogen and oxygen atoms in total. The summed E-state index contributed by atoms with van der Waals surface area (Å²) in [5.41, 5.74) is 15.6. The predicted octanol–water partition coefficient (Wildman–Crippen LogP) is 16.3. The summed E-state index contributed by atoms with van der Waals surface area (Å²) in [6, 6.07) is 82.9. The number of hydrogen-bond donors (Lipinski definition) is 0. The highest BCUT2D eigenvalue weighted by Crippen LogP contribution is 2.42. The summed E-state index contributed by atoms with van der Waals surface area (Å²) in [7, 11) is 0. The molecular weight excluding hydrogens is 741 g/mol. The Morgan fingerprint density at radius 3 is 1.57 bits per heavy atom. The molecule has 0 spiro atoms. The molecule has 0 radical (unpaired) electrons. The maximum atomic E-state index is 6.54. The number of para-hydroxylation sites is 3. The Bertz CT molecular complexity index is 3560. The summed E-state index contributed by atoms with van der Waals surface area (Å²) in [6.07, 6.45) is 0. The van der Waals surface area contributed by atoms with Crippen LogP contribution < -0.4 is 4.90 Å². The van der Waals surface area contributed by atoms with Gasteiger partial charge in [0.05, 0.1) is 22.4 Å². The van der Waals surface area contributed by atoms with Gasteiger partial charge in [-0.3, -0.25) is 0 Å². The van der Waals surface area contributed by atoms with Crippen LogP contribution in [0.1, 0.15) is 0 Å². The van der Waals surface area contributed by atoms with E-state index in [0.717, 1.165) is 61.3 Å². The minimum Gasteiger partial charge on any atom is -0.454 e. The highest BCUT2D eigenvalue weighted by Gasteiger charge is 2.19. The number of hydrogen-bond acceptors (Lipinski definition) is 2. The number of nitrogens with zero attached hydrogens (tertiary/aromatic N) is 2. The van der Waals surface area contributed by atoms with Crippen molar-refractivity contribution in [3.63, 3.8) is 0 Å². The molecule has 61 heavy (non-hydrogen) atoms. The molecule has 0 aliphatic carbocycles. The first-order chi connectivity index (χ1) is 30.2. The summed E-state index contributed by atoms with van der Waals surface area (Å²) in [5.74, 6) is 0. The number of benzene rings is 10. The second kappa shape index (κ2) is 14.3. The maximum Gasteiger partial charge on any atom is 0.159 e. The van der Waals surface area contributed by atoms with Crippen molar-refractivity contribution >= 4 is 71.6 Å². The monoisotopic (exact) mass is 778 g/mol. The molecule has 0 fully saturated rings. The van der Waals surface area contributed by atoms with Crippen molar-refractivity contribution < 1.29 is 4.42 Å². The van der Waals surface area contributed by atoms with Gasteiger partial charge < -0.3 is 13.9 Å². The van der Waals surface area contributed by atoms with Gasteiger partial charge in [-0.25, -0.2) is 0 Å². The number of furan rings is 1. The van der Waals surface area contributed by atoms with E-state index in [1.807, 2.05) is 12.1 Å². The first kappa shape index (κ1) is 34.9. The predicted molar refractivity (Wildman–Crippen MR) is 257 cm³/mol. The molecule has 0 N–H and O–H groups in total. The summed E-state index contributed by atoms with van der Waals surface area (Å²) in [6.45, 7) is 0. The highest BCUT2D eigenvalue weighted by molar-refractivity contribution is 6.13. The Labute approximate surface area is 353 Å². The van der Waals surface area contributed by atoms with Crippen molar-refractivity contribution in [2.45, 2.75) is 0 Å². The largest absolute Gasteiger partial charge is 0.454 e. The Morgan fingerprint density at radius 2 is 0.836 bits per heavy atom. The van der Waals surface area contributed by atoms with Crippen LogP contribution in [0.25, 0.3) is 93.6 Å². The lowest BCUT2D eigenvalue weighted by atomic mass is 9.99. The Hall–Kier alpha value is -8.14. The van der Waals surface area contributed by atoms with Crippen molar-refractivity contribution in [3.8, 4) is 39.1 Å². The van der Waals surface area contributed by atoms with Gasteiger partial charge in [-0.2, -0.15) is 0 Å². The number of rotatable bonds is 7. The number of fused-ring (bicyclic) bond motifs is 7. The van der Waals surface area contributed by atoms with Gasteiger partial charge >= 0.3 is 0 Å². The zero-order valence-corrected chi connectivity index (χ0v) is 33.2. The average Bonchev–Trinajstić information content (AvgIpc) is 3.88. The topological polar surface area (TPSA) is 21.3 Å². The summed E-state index contributed by atoms with van der Waals surface area (Å²) < 4.78 is 8.89. The van der Waals surface area contributed by atoms with E-state index < -0.39 is 0 Å². The second-order valence-electron chi connectivity index (χ2n) is 15.7. The standard InChI is InChI=1S/C58H38N2O/c1-2-12-39(13-3-1)40-24-26-41(27-25-40)42-28-33-46(34-29-42)59(53-21-10-15-44-14-4-5-16-48(44)53)47-35-30-43(31-36-47)45-32-37-55-52(38-45)49-17-6-8-20-54(49)60(55)56-22-11-19-51-50-18-7-9-23-57(50)61-58(51)56/h1-38H. The third-order valence-electron chi connectivity index (χ3n) is 12.2. The van der Waals surface area contributed by atoms with Crippen LogP contribution in [0.2, 0.25) is 0 Å². The molecule has 0 saturated carbocycles. The van der Waals surface area contributed by atoms with E-state index in [1.54, 1.807) is 0 Å². The average molecular weight is 779 g/mol. The third kappa shape index (κ3) is 5.90. The van der Waals surface area contributed by atoms with Crippen LogP contribution in [0.5, 0.6) is 0 Å². The lowest BCUT2D eigenvalue weighted by Crippen LogP contribution is -2.10. The molecule has 2 heterocycles. The van der Waals surface area contributed by atoms with Crippen LogP contribution in [-0.4, -0.2) is 4.57 Å². The molecule has 0 amide bonds. The van der Waals surface area contributed by atoms with E-state index in [4.69, 9.17) is 4.42 Å². The number of aromatic nitrogens is 1. The fourth-order valence-electron chi connectivity index (χ4n) is 9.24. The minimum atomic E-state index is 0.897. The van der Waals surface area contributed by atoms with Crippen LogP contribution >= 0.6 is 0 Å². The lowest BCUT2D eigenvalue weighted by Gasteiger charge is -2.27. The molecule has 0 atom stereocenters. The van der Waals surface area contributed by atoms with Crippen LogP contribution in [0.15, 0.2) is 235 Å². The van der Waals surface area contributed by atoms with E-state index in [2.05, 4.69) is 228 Å². The molecule has 0 bridgehead atoms. The molecule has 2 aromatic heterocycles. The zero-order valence-electron chi connectivity index (χ0n) is 33.2. The van der Waals surface area contributed by atoms with Crippen molar-refractivity contribution in [1.29, 1.82) is 0 Å². The minimum absolute atomic E-state index is 0.897. The molecule has 12 aromatic rings. The van der Waals surface area contributed by atoms with E-state index in [9.17, 15) is 0 Å². The zero-order chi connectivity index (χ0) is 40.3. The molecule has 10 aromatic carbocycles. The molecule has 3 heteroatoms. The van der Waals surface area contributed by atoms with Crippen molar-refractivity contribution in [3.05, 3.63) is 231 Å². The van der Waals surface area contributed by atoms with E-state index in [0.29, 0.717) is 0 Å². The highest BCUT2D eigenvalue weighted by atomic mass is 16.3. The molecule has 0 aliphatic heterocycles. The fourth-order valence-corrected chi connectivity index (χ4v) is 9.24. The van der Waals surface area contributed by atoms with Crippen LogP contribution in [-0.2, 0) is 0 Å². The Morgan fingerprint density at radius 1 is 0.328 bits per heavy atom. The first-order valence-corrected chi connectivity index (χ1v) is 20.8.